The van der Waals surface area contributed by atoms with Crippen molar-refractivity contribution in [3.63, 3.8) is 0 Å². The number of ether oxygens (including phenoxy) is 1. The van der Waals surface area contributed by atoms with Gasteiger partial charge in [0.15, 0.2) is 0 Å². The van der Waals surface area contributed by atoms with Crippen LogP contribution in [0.4, 0.5) is 11.4 Å². The lowest BCUT2D eigenvalue weighted by molar-refractivity contribution is -0.136. The number of morpholine rings is 1. The van der Waals surface area contributed by atoms with Gasteiger partial charge in [0.25, 0.3) is 5.91 Å². The maximum absolute atomic E-state index is 13.6. The van der Waals surface area contributed by atoms with Gasteiger partial charge < -0.3 is 14.5 Å². The number of likely N-dealkylation sites (N-methyl/N-ethyl adjacent to an activating group) is 1. The van der Waals surface area contributed by atoms with Gasteiger partial charge in [0, 0.05) is 36.9 Å². The van der Waals surface area contributed by atoms with E-state index in [0.29, 0.717) is 26.0 Å². The highest BCUT2D eigenvalue weighted by Gasteiger charge is 2.41. The molecule has 4 rings (SSSR count). The van der Waals surface area contributed by atoms with Crippen LogP contribution in [0.15, 0.2) is 54.6 Å². The fraction of sp³-hybridized carbons (Fsp3) is 0.462. The van der Waals surface area contributed by atoms with E-state index in [1.807, 2.05) is 71.3 Å². The van der Waals surface area contributed by atoms with E-state index in [9.17, 15) is 9.59 Å². The molecule has 6 nitrogen and oxygen atoms in total. The zero-order chi connectivity index (χ0) is 22.7. The van der Waals surface area contributed by atoms with Crippen LogP contribution in [-0.2, 0) is 14.3 Å². The van der Waals surface area contributed by atoms with Gasteiger partial charge in [0.2, 0.25) is 5.91 Å². The van der Waals surface area contributed by atoms with E-state index in [-0.39, 0.29) is 23.9 Å². The molecule has 170 valence electrons. The first kappa shape index (κ1) is 22.5. The Morgan fingerprint density at radius 3 is 2.50 bits per heavy atom. The van der Waals surface area contributed by atoms with E-state index >= 15 is 0 Å². The Bertz CT molecular complexity index is 948. The minimum Gasteiger partial charge on any atom is -0.366 e. The molecule has 1 fully saturated rings. The number of para-hydroxylation sites is 2. The molecule has 1 unspecified atom stereocenters. The molecule has 3 atom stereocenters. The van der Waals surface area contributed by atoms with Crippen molar-refractivity contribution in [2.24, 2.45) is 0 Å². The predicted octanol–water partition coefficient (Wildman–Crippen LogP) is 4.02. The van der Waals surface area contributed by atoms with Gasteiger partial charge in [0.1, 0.15) is 6.10 Å². The van der Waals surface area contributed by atoms with Crippen molar-refractivity contribution < 1.29 is 14.3 Å². The molecule has 0 radical (unpaired) electrons. The smallest absolute Gasteiger partial charge is 0.257 e. The number of fused-ring (bicyclic) bond motifs is 1. The molecule has 2 heterocycles. The van der Waals surface area contributed by atoms with Crippen LogP contribution < -0.4 is 9.80 Å². The van der Waals surface area contributed by atoms with E-state index < -0.39 is 6.10 Å². The summed E-state index contributed by atoms with van der Waals surface area (Å²) in [5, 5.41) is 0. The molecule has 0 aliphatic carbocycles. The minimum absolute atomic E-state index is 0.00892. The van der Waals surface area contributed by atoms with E-state index in [2.05, 4.69) is 18.7 Å². The van der Waals surface area contributed by atoms with E-state index in [1.54, 1.807) is 0 Å². The molecule has 1 saturated heterocycles. The van der Waals surface area contributed by atoms with Gasteiger partial charge in [-0.25, -0.2) is 0 Å². The molecule has 2 aromatic rings. The number of hydrogen-bond donors (Lipinski definition) is 0. The highest BCUT2D eigenvalue weighted by Crippen LogP contribution is 2.42. The van der Waals surface area contributed by atoms with Crippen LogP contribution in [0.2, 0.25) is 0 Å². The van der Waals surface area contributed by atoms with Gasteiger partial charge in [-0.2, -0.15) is 0 Å². The summed E-state index contributed by atoms with van der Waals surface area (Å²) in [5.41, 5.74) is 2.77. The number of rotatable bonds is 5. The van der Waals surface area contributed by atoms with Crippen LogP contribution in [0.25, 0.3) is 0 Å². The summed E-state index contributed by atoms with van der Waals surface area (Å²) in [5.74, 6) is 0.0896. The number of carbonyl (C=O) groups excluding carboxylic acids is 2. The fourth-order valence-corrected chi connectivity index (χ4v) is 4.91. The Kier molecular flexibility index (Phi) is 6.92. The highest BCUT2D eigenvalue weighted by molar-refractivity contribution is 6.00. The van der Waals surface area contributed by atoms with Gasteiger partial charge in [-0.05, 0) is 43.7 Å². The first-order valence-corrected chi connectivity index (χ1v) is 11.7. The highest BCUT2D eigenvalue weighted by atomic mass is 16.5. The first-order valence-electron chi connectivity index (χ1n) is 11.7. The van der Waals surface area contributed by atoms with Gasteiger partial charge in [-0.3, -0.25) is 14.5 Å². The number of anilines is 2. The maximum Gasteiger partial charge on any atom is 0.257 e. The number of carbonyl (C=O) groups is 2. The molecule has 0 spiro atoms. The first-order chi connectivity index (χ1) is 15.5. The third-order valence-electron chi connectivity index (χ3n) is 6.59. The summed E-state index contributed by atoms with van der Waals surface area (Å²) in [4.78, 5) is 32.8. The summed E-state index contributed by atoms with van der Waals surface area (Å²) in [6, 6.07) is 17.6. The third kappa shape index (κ3) is 4.30. The molecule has 0 N–H and O–H groups in total. The van der Waals surface area contributed by atoms with Crippen molar-refractivity contribution in [2.75, 3.05) is 36.0 Å². The van der Waals surface area contributed by atoms with Gasteiger partial charge in [-0.1, -0.05) is 50.2 Å². The Labute approximate surface area is 190 Å². The second-order valence-electron chi connectivity index (χ2n) is 8.57. The standard InChI is InChI=1S/C26H33N3O3/c1-4-25(30)29(20-11-7-6-8-12-20)23-17-19(3)28(22-14-10-9-13-21(22)23)26(31)24-18-27(5-2)15-16-32-24/h6-14,19,23-24H,4-5,15-18H2,1-3H3/t19-,23+,24?/m1/s1. The molecular weight excluding hydrogens is 402 g/mol. The molecular formula is C26H33N3O3. The Morgan fingerprint density at radius 2 is 1.78 bits per heavy atom. The summed E-state index contributed by atoms with van der Waals surface area (Å²) in [7, 11) is 0. The fourth-order valence-electron chi connectivity index (χ4n) is 4.91. The molecule has 2 amide bonds. The molecule has 2 aliphatic heterocycles. The lowest BCUT2D eigenvalue weighted by atomic mass is 9.89. The number of amides is 2. The van der Waals surface area contributed by atoms with Gasteiger partial charge in [-0.15, -0.1) is 0 Å². The van der Waals surface area contributed by atoms with Crippen molar-refractivity contribution in [1.29, 1.82) is 0 Å². The Balaban J connectivity index is 1.70. The molecule has 0 aromatic heterocycles. The van der Waals surface area contributed by atoms with Crippen molar-refractivity contribution in [2.45, 2.75) is 51.8 Å². The third-order valence-corrected chi connectivity index (χ3v) is 6.59. The van der Waals surface area contributed by atoms with Crippen LogP contribution in [0.3, 0.4) is 0 Å². The zero-order valence-electron chi connectivity index (χ0n) is 19.2. The monoisotopic (exact) mass is 435 g/mol. The van der Waals surface area contributed by atoms with Crippen LogP contribution in [0.1, 0.15) is 45.2 Å². The largest absolute Gasteiger partial charge is 0.366 e. The summed E-state index contributed by atoms with van der Waals surface area (Å²) in [6.45, 7) is 9.04. The minimum atomic E-state index is -0.460. The molecule has 2 aromatic carbocycles. The lowest BCUT2D eigenvalue weighted by Crippen LogP contribution is -2.55. The molecule has 0 saturated carbocycles. The van der Waals surface area contributed by atoms with Crippen LogP contribution in [0.5, 0.6) is 0 Å². The Morgan fingerprint density at radius 1 is 1.06 bits per heavy atom. The second kappa shape index (κ2) is 9.84. The second-order valence-corrected chi connectivity index (χ2v) is 8.57. The van der Waals surface area contributed by atoms with Gasteiger partial charge in [0.05, 0.1) is 12.6 Å². The van der Waals surface area contributed by atoms with E-state index in [1.165, 1.54) is 0 Å². The topological polar surface area (TPSA) is 53.1 Å². The molecule has 6 heteroatoms. The predicted molar refractivity (Wildman–Crippen MR) is 127 cm³/mol. The lowest BCUT2D eigenvalue weighted by Gasteiger charge is -2.45. The van der Waals surface area contributed by atoms with Gasteiger partial charge >= 0.3 is 0 Å². The van der Waals surface area contributed by atoms with E-state index in [0.717, 1.165) is 30.0 Å². The van der Waals surface area contributed by atoms with Crippen LogP contribution in [0, 0.1) is 0 Å². The SMILES string of the molecule is CCC(=O)N(c1ccccc1)[C@H]1C[C@@H](C)N(C(=O)C2CN(CC)CCO2)c2ccccc21. The number of nitrogens with zero attached hydrogens (tertiary/aromatic N) is 3. The summed E-state index contributed by atoms with van der Waals surface area (Å²) >= 11 is 0. The quantitative estimate of drug-likeness (QED) is 0.712. The normalized spacial score (nSPS) is 23.5. The summed E-state index contributed by atoms with van der Waals surface area (Å²) in [6.07, 6.45) is 0.638. The van der Waals surface area contributed by atoms with Crippen LogP contribution in [-0.4, -0.2) is 55.1 Å². The maximum atomic E-state index is 13.6. The molecule has 2 aliphatic rings. The average molecular weight is 436 g/mol. The van der Waals surface area contributed by atoms with E-state index in [4.69, 9.17) is 4.74 Å². The van der Waals surface area contributed by atoms with Crippen LogP contribution >= 0.6 is 0 Å². The zero-order valence-corrected chi connectivity index (χ0v) is 19.2. The number of hydrogen-bond acceptors (Lipinski definition) is 4. The number of benzene rings is 2. The van der Waals surface area contributed by atoms with Crippen molar-refractivity contribution >= 4 is 23.2 Å². The van der Waals surface area contributed by atoms with Crippen molar-refractivity contribution in [3.8, 4) is 0 Å². The molecule has 0 bridgehead atoms. The van der Waals surface area contributed by atoms with Crippen molar-refractivity contribution in [1.82, 2.24) is 4.90 Å². The molecule has 32 heavy (non-hydrogen) atoms. The summed E-state index contributed by atoms with van der Waals surface area (Å²) < 4.78 is 5.89. The van der Waals surface area contributed by atoms with Crippen molar-refractivity contribution in [3.05, 3.63) is 60.2 Å². The Hall–Kier alpha value is -2.70. The average Bonchev–Trinajstić information content (AvgIpc) is 2.84.